The maximum atomic E-state index is 12.4. The molecule has 2 aromatic carbocycles. The largest absolute Gasteiger partial charge is 0.326 e. The van der Waals surface area contributed by atoms with Crippen LogP contribution in [0.1, 0.15) is 30.0 Å². The minimum Gasteiger partial charge on any atom is -0.326 e. The summed E-state index contributed by atoms with van der Waals surface area (Å²) < 4.78 is 0. The minimum atomic E-state index is -0.240. The molecule has 2 atom stereocenters. The summed E-state index contributed by atoms with van der Waals surface area (Å²) >= 11 is 0. The molecule has 0 heterocycles. The van der Waals surface area contributed by atoms with Gasteiger partial charge in [-0.1, -0.05) is 36.8 Å². The van der Waals surface area contributed by atoms with Crippen LogP contribution in [0.3, 0.4) is 0 Å². The molecular formula is C21H24N2O2. The van der Waals surface area contributed by atoms with Crippen LogP contribution >= 0.6 is 0 Å². The Kier molecular flexibility index (Phi) is 4.88. The van der Waals surface area contributed by atoms with E-state index in [2.05, 4.69) is 17.6 Å². The lowest BCUT2D eigenvalue weighted by Crippen LogP contribution is -2.20. The monoisotopic (exact) mass is 336 g/mol. The van der Waals surface area contributed by atoms with Crippen molar-refractivity contribution >= 4 is 23.2 Å². The predicted molar refractivity (Wildman–Crippen MR) is 101 cm³/mol. The molecule has 130 valence electrons. The summed E-state index contributed by atoms with van der Waals surface area (Å²) in [7, 11) is 0. The van der Waals surface area contributed by atoms with Crippen LogP contribution in [0.5, 0.6) is 0 Å². The second-order valence-electron chi connectivity index (χ2n) is 6.80. The topological polar surface area (TPSA) is 58.2 Å². The number of hydrogen-bond donors (Lipinski definition) is 2. The van der Waals surface area contributed by atoms with E-state index in [1.54, 1.807) is 0 Å². The van der Waals surface area contributed by atoms with Crippen molar-refractivity contribution in [3.05, 3.63) is 59.2 Å². The highest BCUT2D eigenvalue weighted by atomic mass is 16.2. The van der Waals surface area contributed by atoms with Crippen LogP contribution in [-0.4, -0.2) is 11.8 Å². The van der Waals surface area contributed by atoms with Crippen molar-refractivity contribution in [3.63, 3.8) is 0 Å². The van der Waals surface area contributed by atoms with Crippen LogP contribution in [0.25, 0.3) is 0 Å². The average molecular weight is 336 g/mol. The van der Waals surface area contributed by atoms with Gasteiger partial charge in [0.1, 0.15) is 0 Å². The molecule has 2 N–H and O–H groups in total. The van der Waals surface area contributed by atoms with E-state index in [1.165, 1.54) is 5.56 Å². The SMILES string of the molecule is CCc1ccc(NC(=O)C2CC2C(=O)Nc2ccc(C)cc2C)cc1. The number of carbonyl (C=O) groups is 2. The number of rotatable bonds is 5. The van der Waals surface area contributed by atoms with Gasteiger partial charge in [-0.2, -0.15) is 0 Å². The van der Waals surface area contributed by atoms with Gasteiger partial charge in [-0.15, -0.1) is 0 Å². The molecule has 1 aliphatic rings. The molecule has 25 heavy (non-hydrogen) atoms. The molecule has 0 radical (unpaired) electrons. The van der Waals surface area contributed by atoms with E-state index in [0.29, 0.717) is 6.42 Å². The van der Waals surface area contributed by atoms with Gasteiger partial charge in [-0.05, 0) is 56.0 Å². The van der Waals surface area contributed by atoms with Crippen molar-refractivity contribution in [2.24, 2.45) is 11.8 Å². The predicted octanol–water partition coefficient (Wildman–Crippen LogP) is 4.08. The molecule has 2 aromatic rings. The van der Waals surface area contributed by atoms with Crippen LogP contribution in [0.4, 0.5) is 11.4 Å². The van der Waals surface area contributed by atoms with Gasteiger partial charge < -0.3 is 10.6 Å². The van der Waals surface area contributed by atoms with Crippen LogP contribution in [0.2, 0.25) is 0 Å². The standard InChI is InChI=1S/C21H24N2O2/c1-4-15-6-8-16(9-7-15)22-20(24)17-12-18(17)21(25)23-19-10-5-13(2)11-14(19)3/h5-11,17-18H,4,12H2,1-3H3,(H,22,24)(H,23,25). The third-order valence-electron chi connectivity index (χ3n) is 4.73. The first kappa shape index (κ1) is 17.2. The maximum Gasteiger partial charge on any atom is 0.228 e. The lowest BCUT2D eigenvalue weighted by atomic mass is 10.1. The molecule has 4 heteroatoms. The van der Waals surface area contributed by atoms with Crippen molar-refractivity contribution < 1.29 is 9.59 Å². The van der Waals surface area contributed by atoms with Gasteiger partial charge >= 0.3 is 0 Å². The van der Waals surface area contributed by atoms with Crippen LogP contribution in [0.15, 0.2) is 42.5 Å². The molecule has 1 fully saturated rings. The van der Waals surface area contributed by atoms with Crippen LogP contribution in [-0.2, 0) is 16.0 Å². The van der Waals surface area contributed by atoms with Gasteiger partial charge in [0.25, 0.3) is 0 Å². The highest BCUT2D eigenvalue weighted by molar-refractivity contribution is 6.03. The van der Waals surface area contributed by atoms with Crippen molar-refractivity contribution in [1.29, 1.82) is 0 Å². The highest BCUT2D eigenvalue weighted by Crippen LogP contribution is 2.40. The number of anilines is 2. The lowest BCUT2D eigenvalue weighted by Gasteiger charge is -2.09. The summed E-state index contributed by atoms with van der Waals surface area (Å²) in [5, 5.41) is 5.85. The van der Waals surface area contributed by atoms with E-state index in [0.717, 1.165) is 28.9 Å². The van der Waals surface area contributed by atoms with Crippen molar-refractivity contribution in [3.8, 4) is 0 Å². The van der Waals surface area contributed by atoms with E-state index in [9.17, 15) is 9.59 Å². The van der Waals surface area contributed by atoms with Gasteiger partial charge in [0.15, 0.2) is 0 Å². The smallest absolute Gasteiger partial charge is 0.228 e. The molecule has 0 bridgehead atoms. The number of hydrogen-bond acceptors (Lipinski definition) is 2. The number of aryl methyl sites for hydroxylation is 3. The van der Waals surface area contributed by atoms with E-state index in [4.69, 9.17) is 0 Å². The summed E-state index contributed by atoms with van der Waals surface area (Å²) in [5.41, 5.74) is 5.02. The Morgan fingerprint density at radius 3 is 2.20 bits per heavy atom. The van der Waals surface area contributed by atoms with E-state index in [-0.39, 0.29) is 23.7 Å². The zero-order chi connectivity index (χ0) is 18.0. The summed E-state index contributed by atoms with van der Waals surface area (Å²) in [6, 6.07) is 13.7. The van der Waals surface area contributed by atoms with Crippen LogP contribution in [0, 0.1) is 25.7 Å². The zero-order valence-corrected chi connectivity index (χ0v) is 14.9. The number of carbonyl (C=O) groups excluding carboxylic acids is 2. The molecule has 0 aliphatic heterocycles. The molecule has 1 saturated carbocycles. The highest BCUT2D eigenvalue weighted by Gasteiger charge is 2.48. The van der Waals surface area contributed by atoms with Gasteiger partial charge in [0, 0.05) is 11.4 Å². The van der Waals surface area contributed by atoms with Crippen molar-refractivity contribution in [1.82, 2.24) is 0 Å². The molecule has 2 unspecified atom stereocenters. The molecule has 4 nitrogen and oxygen atoms in total. The molecule has 3 rings (SSSR count). The van der Waals surface area contributed by atoms with Gasteiger partial charge in [-0.25, -0.2) is 0 Å². The number of benzene rings is 2. The third-order valence-corrected chi connectivity index (χ3v) is 4.73. The van der Waals surface area contributed by atoms with Gasteiger partial charge in [-0.3, -0.25) is 9.59 Å². The lowest BCUT2D eigenvalue weighted by molar-refractivity contribution is -0.122. The normalized spacial score (nSPS) is 18.5. The molecule has 1 aliphatic carbocycles. The Morgan fingerprint density at radius 2 is 1.60 bits per heavy atom. The molecular weight excluding hydrogens is 312 g/mol. The fourth-order valence-electron chi connectivity index (χ4n) is 3.01. The maximum absolute atomic E-state index is 12.4. The second kappa shape index (κ2) is 7.09. The zero-order valence-electron chi connectivity index (χ0n) is 14.9. The summed E-state index contributed by atoms with van der Waals surface area (Å²) in [6.07, 6.45) is 1.58. The Hall–Kier alpha value is -2.62. The second-order valence-corrected chi connectivity index (χ2v) is 6.80. The Bertz CT molecular complexity index is 796. The molecule has 0 aromatic heterocycles. The average Bonchev–Trinajstić information content (AvgIpc) is 3.39. The first-order valence-corrected chi connectivity index (χ1v) is 8.76. The number of nitrogens with one attached hydrogen (secondary N) is 2. The summed E-state index contributed by atoms with van der Waals surface area (Å²) in [4.78, 5) is 24.7. The Labute approximate surface area is 148 Å². The van der Waals surface area contributed by atoms with Crippen LogP contribution < -0.4 is 10.6 Å². The Morgan fingerprint density at radius 1 is 0.960 bits per heavy atom. The molecule has 0 saturated heterocycles. The van der Waals surface area contributed by atoms with E-state index in [1.807, 2.05) is 56.3 Å². The Balaban J connectivity index is 1.55. The van der Waals surface area contributed by atoms with E-state index >= 15 is 0 Å². The van der Waals surface area contributed by atoms with Gasteiger partial charge in [0.2, 0.25) is 11.8 Å². The van der Waals surface area contributed by atoms with Crippen molar-refractivity contribution in [2.45, 2.75) is 33.6 Å². The first-order chi connectivity index (χ1) is 12.0. The summed E-state index contributed by atoms with van der Waals surface area (Å²) in [5.74, 6) is -0.634. The van der Waals surface area contributed by atoms with Crippen molar-refractivity contribution in [2.75, 3.05) is 10.6 Å². The summed E-state index contributed by atoms with van der Waals surface area (Å²) in [6.45, 7) is 6.09. The van der Waals surface area contributed by atoms with E-state index < -0.39 is 0 Å². The molecule has 0 spiro atoms. The fourth-order valence-corrected chi connectivity index (χ4v) is 3.01. The minimum absolute atomic E-state index is 0.0755. The first-order valence-electron chi connectivity index (χ1n) is 8.76. The molecule has 2 amide bonds. The quantitative estimate of drug-likeness (QED) is 0.864. The number of amides is 2. The van der Waals surface area contributed by atoms with Gasteiger partial charge in [0.05, 0.1) is 11.8 Å². The third kappa shape index (κ3) is 4.08. The fraction of sp³-hybridized carbons (Fsp3) is 0.333.